The third-order valence-corrected chi connectivity index (χ3v) is 8.38. The van der Waals surface area contributed by atoms with E-state index in [1.165, 1.54) is 0 Å². The molecule has 1 aliphatic carbocycles. The molecule has 0 spiro atoms. The molecule has 0 aromatic heterocycles. The van der Waals surface area contributed by atoms with E-state index in [2.05, 4.69) is 0 Å². The van der Waals surface area contributed by atoms with Gasteiger partial charge in [0.2, 0.25) is 5.91 Å². The second kappa shape index (κ2) is 8.22. The zero-order chi connectivity index (χ0) is 23.0. The lowest BCUT2D eigenvalue weighted by Gasteiger charge is -2.40. The Kier molecular flexibility index (Phi) is 6.14. The molecular weight excluding hydrogens is 441 g/mol. The summed E-state index contributed by atoms with van der Waals surface area (Å²) < 4.78 is 92.6. The molecule has 1 aliphatic rings. The van der Waals surface area contributed by atoms with Gasteiger partial charge in [-0.05, 0) is 74.1 Å². The highest BCUT2D eigenvalue weighted by molar-refractivity contribution is 7.92. The number of hydrogen-bond acceptors (Lipinski definition) is 3. The van der Waals surface area contributed by atoms with E-state index in [0.717, 1.165) is 30.3 Å². The van der Waals surface area contributed by atoms with Crippen LogP contribution in [0.2, 0.25) is 0 Å². The lowest BCUT2D eigenvalue weighted by atomic mass is 9.76. The molecule has 168 valence electrons. The molecule has 2 N–H and O–H groups in total. The number of primary amides is 1. The summed E-state index contributed by atoms with van der Waals surface area (Å²) in [5, 5.41) is 0. The van der Waals surface area contributed by atoms with Gasteiger partial charge >= 0.3 is 6.18 Å². The van der Waals surface area contributed by atoms with Crippen LogP contribution in [-0.2, 0) is 25.6 Å². The van der Waals surface area contributed by atoms with Crippen LogP contribution in [0.3, 0.4) is 0 Å². The molecule has 0 saturated heterocycles. The van der Waals surface area contributed by atoms with Crippen molar-refractivity contribution in [1.29, 1.82) is 0 Å². The minimum atomic E-state index is -4.65. The Morgan fingerprint density at radius 2 is 1.61 bits per heavy atom. The molecule has 0 aliphatic heterocycles. The van der Waals surface area contributed by atoms with Crippen molar-refractivity contribution in [2.75, 3.05) is 0 Å². The van der Waals surface area contributed by atoms with E-state index in [4.69, 9.17) is 5.73 Å². The van der Waals surface area contributed by atoms with Crippen LogP contribution in [-0.4, -0.2) is 14.3 Å². The van der Waals surface area contributed by atoms with Crippen LogP contribution in [0.1, 0.15) is 43.2 Å². The maximum absolute atomic E-state index is 14.7. The lowest BCUT2D eigenvalue weighted by Crippen LogP contribution is -2.41. The molecule has 0 unspecified atom stereocenters. The van der Waals surface area contributed by atoms with E-state index in [1.54, 1.807) is 0 Å². The highest BCUT2D eigenvalue weighted by Crippen LogP contribution is 2.50. The van der Waals surface area contributed by atoms with Crippen LogP contribution in [0.5, 0.6) is 0 Å². The van der Waals surface area contributed by atoms with Crippen LogP contribution in [0.15, 0.2) is 47.4 Å². The monoisotopic (exact) mass is 461 g/mol. The number of rotatable bonds is 5. The maximum Gasteiger partial charge on any atom is 0.416 e. The van der Waals surface area contributed by atoms with Crippen LogP contribution in [0.4, 0.5) is 22.0 Å². The quantitative estimate of drug-likeness (QED) is 0.655. The molecule has 31 heavy (non-hydrogen) atoms. The average molecular weight is 461 g/mol. The molecule has 3 rings (SSSR count). The van der Waals surface area contributed by atoms with Gasteiger partial charge in [-0.15, -0.1) is 0 Å². The SMILES string of the molecule is NC(=O)CC1CCC(c2cc(F)ccc2F)(S(=O)(=O)c2ccc(C(F)(F)F)cc2)CC1. The summed E-state index contributed by atoms with van der Waals surface area (Å²) in [6.07, 6.45) is -4.47. The van der Waals surface area contributed by atoms with Crippen molar-refractivity contribution in [2.45, 2.75) is 47.9 Å². The Hall–Kier alpha value is -2.49. The normalized spacial score (nSPS) is 22.3. The Morgan fingerprint density at radius 1 is 1.03 bits per heavy atom. The Bertz CT molecular complexity index is 1070. The third-order valence-electron chi connectivity index (χ3n) is 5.83. The summed E-state index contributed by atoms with van der Waals surface area (Å²) in [6.45, 7) is 0. The number of alkyl halides is 3. The van der Waals surface area contributed by atoms with E-state index >= 15 is 0 Å². The van der Waals surface area contributed by atoms with Gasteiger partial charge in [0.25, 0.3) is 0 Å². The third kappa shape index (κ3) is 4.44. The van der Waals surface area contributed by atoms with Gasteiger partial charge < -0.3 is 5.73 Å². The van der Waals surface area contributed by atoms with Gasteiger partial charge in [-0.1, -0.05) is 0 Å². The second-order valence-electron chi connectivity index (χ2n) is 7.76. The standard InChI is InChI=1S/C21H20F5NO3S/c22-15-3-6-18(23)17(12-15)20(9-7-13(8-10-20)11-19(27)28)31(29,30)16-4-1-14(2-5-16)21(24,25)26/h1-6,12-13H,7-11H2,(H2,27,28). The van der Waals surface area contributed by atoms with Crippen molar-refractivity contribution in [1.82, 2.24) is 0 Å². The minimum absolute atomic E-state index is 0.0298. The van der Waals surface area contributed by atoms with Crippen molar-refractivity contribution >= 4 is 15.7 Å². The smallest absolute Gasteiger partial charge is 0.370 e. The molecule has 10 heteroatoms. The summed E-state index contributed by atoms with van der Waals surface area (Å²) in [6, 6.07) is 5.42. The number of sulfone groups is 1. The molecule has 4 nitrogen and oxygen atoms in total. The fraction of sp³-hybridized carbons (Fsp3) is 0.381. The van der Waals surface area contributed by atoms with E-state index < -0.39 is 48.8 Å². The molecule has 1 amide bonds. The first-order chi connectivity index (χ1) is 14.4. The topological polar surface area (TPSA) is 77.2 Å². The molecule has 1 fully saturated rings. The molecule has 0 heterocycles. The summed E-state index contributed by atoms with van der Waals surface area (Å²) in [5.74, 6) is -2.53. The average Bonchev–Trinajstić information content (AvgIpc) is 2.69. The summed E-state index contributed by atoms with van der Waals surface area (Å²) in [7, 11) is -4.42. The Labute approximate surface area is 176 Å². The Balaban J connectivity index is 2.10. The largest absolute Gasteiger partial charge is 0.416 e. The first-order valence-electron chi connectivity index (χ1n) is 9.52. The number of carbonyl (C=O) groups is 1. The number of benzene rings is 2. The summed E-state index contributed by atoms with van der Waals surface area (Å²) >= 11 is 0. The first-order valence-corrected chi connectivity index (χ1v) is 11.0. The van der Waals surface area contributed by atoms with Gasteiger partial charge in [0.05, 0.1) is 10.5 Å². The van der Waals surface area contributed by atoms with Crippen molar-refractivity contribution in [3.05, 3.63) is 65.2 Å². The van der Waals surface area contributed by atoms with Gasteiger partial charge in [0, 0.05) is 12.0 Å². The number of halogens is 5. The number of amides is 1. The predicted molar refractivity (Wildman–Crippen MR) is 102 cm³/mol. The summed E-state index contributed by atoms with van der Waals surface area (Å²) in [5.41, 5.74) is 3.82. The van der Waals surface area contributed by atoms with E-state index in [0.29, 0.717) is 12.1 Å². The van der Waals surface area contributed by atoms with Crippen LogP contribution in [0.25, 0.3) is 0 Å². The highest BCUT2D eigenvalue weighted by Gasteiger charge is 2.50. The molecule has 0 atom stereocenters. The Morgan fingerprint density at radius 3 is 2.13 bits per heavy atom. The van der Waals surface area contributed by atoms with E-state index in [1.807, 2.05) is 0 Å². The first kappa shape index (κ1) is 23.2. The number of hydrogen-bond donors (Lipinski definition) is 1. The number of nitrogens with two attached hydrogens (primary N) is 1. The molecule has 2 aromatic rings. The molecule has 1 saturated carbocycles. The number of carbonyl (C=O) groups excluding carboxylic acids is 1. The molecular formula is C21H20F5NO3S. The van der Waals surface area contributed by atoms with E-state index in [9.17, 15) is 35.2 Å². The molecule has 0 bridgehead atoms. The van der Waals surface area contributed by atoms with Crippen molar-refractivity contribution < 1.29 is 35.2 Å². The van der Waals surface area contributed by atoms with Gasteiger partial charge in [-0.25, -0.2) is 17.2 Å². The van der Waals surface area contributed by atoms with Gasteiger partial charge in [-0.3, -0.25) is 4.79 Å². The fourth-order valence-corrected chi connectivity index (χ4v) is 6.38. The maximum atomic E-state index is 14.7. The van der Waals surface area contributed by atoms with Gasteiger partial charge in [0.1, 0.15) is 16.4 Å². The highest BCUT2D eigenvalue weighted by atomic mass is 32.2. The molecule has 0 radical (unpaired) electrons. The van der Waals surface area contributed by atoms with Gasteiger partial charge in [-0.2, -0.15) is 13.2 Å². The van der Waals surface area contributed by atoms with E-state index in [-0.39, 0.29) is 43.6 Å². The van der Waals surface area contributed by atoms with Crippen LogP contribution >= 0.6 is 0 Å². The zero-order valence-electron chi connectivity index (χ0n) is 16.3. The van der Waals surface area contributed by atoms with Crippen molar-refractivity contribution in [3.63, 3.8) is 0 Å². The predicted octanol–water partition coefficient (Wildman–Crippen LogP) is 4.72. The lowest BCUT2D eigenvalue weighted by molar-refractivity contribution is -0.137. The molecule has 2 aromatic carbocycles. The summed E-state index contributed by atoms with van der Waals surface area (Å²) in [4.78, 5) is 10.8. The van der Waals surface area contributed by atoms with Crippen molar-refractivity contribution in [2.24, 2.45) is 11.7 Å². The van der Waals surface area contributed by atoms with Gasteiger partial charge in [0.15, 0.2) is 9.84 Å². The zero-order valence-corrected chi connectivity index (χ0v) is 17.1. The van der Waals surface area contributed by atoms with Crippen LogP contribution in [0, 0.1) is 17.6 Å². The van der Waals surface area contributed by atoms with Crippen molar-refractivity contribution in [3.8, 4) is 0 Å². The minimum Gasteiger partial charge on any atom is -0.370 e. The van der Waals surface area contributed by atoms with Crippen LogP contribution < -0.4 is 5.73 Å². The second-order valence-corrected chi connectivity index (χ2v) is 10.0. The fourth-order valence-electron chi connectivity index (χ4n) is 4.21.